The Hall–Kier alpha value is -6.42. The van der Waals surface area contributed by atoms with E-state index in [1.165, 1.54) is 26.0 Å². The van der Waals surface area contributed by atoms with Gasteiger partial charge < -0.3 is 25.1 Å². The number of hydrogen-bond acceptors (Lipinski definition) is 12. The molecule has 8 rings (SSSR count). The van der Waals surface area contributed by atoms with Gasteiger partial charge in [0.15, 0.2) is 0 Å². The molecule has 0 aliphatic rings. The van der Waals surface area contributed by atoms with Gasteiger partial charge in [-0.1, -0.05) is 47.2 Å². The first-order valence-corrected chi connectivity index (χ1v) is 19.9. The Morgan fingerprint density at radius 1 is 0.645 bits per heavy atom. The average Bonchev–Trinajstić information content (AvgIpc) is 4.04. The van der Waals surface area contributed by atoms with Gasteiger partial charge in [0.25, 0.3) is 12.9 Å². The third kappa shape index (κ3) is 12.1. The Balaban J connectivity index is 0.000000233. The summed E-state index contributed by atoms with van der Waals surface area (Å²) in [5, 5.41) is 15.2. The number of thiocarbonyl (C=S) groups is 1. The second kappa shape index (κ2) is 21.4. The van der Waals surface area contributed by atoms with Crippen LogP contribution in [0.5, 0.6) is 11.5 Å². The largest absolute Gasteiger partial charge is 2.00 e. The first-order chi connectivity index (χ1) is 29.4. The topological polar surface area (TPSA) is 153 Å². The number of isothiocyanates is 1. The number of ether oxygens (including phenoxy) is 2. The average molecular weight is 975 g/mol. The molecule has 312 valence electrons. The van der Waals surface area contributed by atoms with E-state index in [-0.39, 0.29) is 25.2 Å². The summed E-state index contributed by atoms with van der Waals surface area (Å²) in [4.78, 5) is 44.2. The number of aryl methyl sites for hydroxylation is 3. The number of carbonyl (C=O) groups is 2. The molecule has 1 aromatic carbocycles. The number of hydrogen-bond donors (Lipinski definition) is 0. The van der Waals surface area contributed by atoms with Crippen LogP contribution >= 0.6 is 34.9 Å². The van der Waals surface area contributed by atoms with Gasteiger partial charge in [0.2, 0.25) is 0 Å². The Morgan fingerprint density at radius 2 is 1.18 bits per heavy atom. The van der Waals surface area contributed by atoms with Crippen molar-refractivity contribution in [2.24, 2.45) is 0 Å². The first kappa shape index (κ1) is 46.6. The molecule has 0 unspecified atom stereocenters. The van der Waals surface area contributed by atoms with E-state index in [2.05, 4.69) is 79.6 Å². The fraction of sp³-hybridized carbons (Fsp3) is 0.0909. The van der Waals surface area contributed by atoms with Crippen LogP contribution in [-0.4, -0.2) is 43.1 Å². The predicted molar refractivity (Wildman–Crippen MR) is 232 cm³/mol. The van der Waals surface area contributed by atoms with Gasteiger partial charge in [-0.15, -0.1) is 22.7 Å². The molecule has 0 amide bonds. The van der Waals surface area contributed by atoms with Gasteiger partial charge >= 0.3 is 25.7 Å². The second-order valence-corrected chi connectivity index (χ2v) is 15.4. The van der Waals surface area contributed by atoms with Crippen LogP contribution in [0.2, 0.25) is 0 Å². The van der Waals surface area contributed by atoms with Crippen LogP contribution in [0, 0.1) is 20.8 Å². The van der Waals surface area contributed by atoms with Crippen molar-refractivity contribution in [3.05, 3.63) is 143 Å². The molecular weight excluding hydrogens is 945 g/mol. The SMILES string of the molecule is Cc1cc(C)cc(-c2ccnc(-c3cc(C(F)(F)F)n[n-]3)c2)c1.Cc1ccc(-c2ccc(-c3ccnc(-c4cc(OC=O)cc(-c5cc(OC=O)ccn5)n4)c3)s2)s1.[N-]=C=S.[Ru+2]. The predicted octanol–water partition coefficient (Wildman–Crippen LogP) is 11.1. The van der Waals surface area contributed by atoms with Crippen LogP contribution in [0.15, 0.2) is 116 Å². The van der Waals surface area contributed by atoms with Gasteiger partial charge in [-0.2, -0.15) is 18.3 Å². The van der Waals surface area contributed by atoms with E-state index in [9.17, 15) is 22.8 Å². The first-order valence-electron chi connectivity index (χ1n) is 17.8. The van der Waals surface area contributed by atoms with Crippen molar-refractivity contribution in [3.63, 3.8) is 0 Å². The summed E-state index contributed by atoms with van der Waals surface area (Å²) in [5.74, 6) is 0.617. The maximum absolute atomic E-state index is 12.6. The van der Waals surface area contributed by atoms with Gasteiger partial charge in [0, 0.05) is 62.0 Å². The smallest absolute Gasteiger partial charge is 0.753 e. The summed E-state index contributed by atoms with van der Waals surface area (Å²) < 4.78 is 47.9. The van der Waals surface area contributed by atoms with Crippen molar-refractivity contribution in [1.29, 1.82) is 0 Å². The van der Waals surface area contributed by atoms with Gasteiger partial charge in [0.1, 0.15) is 17.2 Å². The van der Waals surface area contributed by atoms with Crippen LogP contribution in [0.1, 0.15) is 21.7 Å². The van der Waals surface area contributed by atoms with E-state index in [1.807, 2.05) is 44.2 Å². The monoisotopic (exact) mass is 975 g/mol. The number of thiophene rings is 2. The number of halogens is 3. The van der Waals surface area contributed by atoms with Crippen molar-refractivity contribution in [2.45, 2.75) is 26.9 Å². The van der Waals surface area contributed by atoms with E-state index >= 15 is 0 Å². The third-order valence-electron chi connectivity index (χ3n) is 8.46. The Labute approximate surface area is 379 Å². The Kier molecular flexibility index (Phi) is 16.1. The fourth-order valence-electron chi connectivity index (χ4n) is 5.94. The number of aromatic nitrogens is 6. The van der Waals surface area contributed by atoms with Crippen LogP contribution < -0.4 is 14.6 Å². The molecule has 0 N–H and O–H groups in total. The molecular formula is C44H30F3N7O4RuS3. The molecule has 0 saturated carbocycles. The van der Waals surface area contributed by atoms with Crippen LogP contribution in [0.4, 0.5) is 13.2 Å². The molecule has 62 heavy (non-hydrogen) atoms. The standard InChI is InChI=1S/C26H17N3O4S2.C17H13F3N3.CNS.Ru/c1-16-2-3-25(34-16)26-5-4-24(35-26)17-6-8-27-20(10-17)22-12-19(33-15-31)13-23(29-22)21-11-18(32-14-30)7-9-28-21;1-10-5-11(2)7-13(6-10)12-3-4-21-14(8-12)15-9-16(23-22-15)17(18,19)20;2-1-3;/h2-15H,1H3;3-9H,1-2H3;;/q;2*-1;+2. The maximum atomic E-state index is 12.6. The number of carbonyl (C=O) groups excluding carboxylic acids is 2. The Bertz CT molecular complexity index is 2840. The maximum Gasteiger partial charge on any atom is 2.00 e. The van der Waals surface area contributed by atoms with E-state index < -0.39 is 11.9 Å². The van der Waals surface area contributed by atoms with Gasteiger partial charge in [-0.25, -0.2) is 4.98 Å². The van der Waals surface area contributed by atoms with Gasteiger partial charge in [-0.05, 0) is 98.1 Å². The number of nitrogens with zero attached hydrogens (tertiary/aromatic N) is 7. The molecule has 0 aliphatic carbocycles. The molecule has 0 radical (unpaired) electrons. The van der Waals surface area contributed by atoms with Crippen molar-refractivity contribution >= 4 is 53.0 Å². The Morgan fingerprint density at radius 3 is 1.79 bits per heavy atom. The van der Waals surface area contributed by atoms with E-state index in [0.29, 0.717) is 52.9 Å². The fourth-order valence-corrected chi connectivity index (χ4v) is 7.90. The second-order valence-electron chi connectivity index (χ2n) is 12.9. The van der Waals surface area contributed by atoms with E-state index in [1.54, 1.807) is 65.4 Å². The molecule has 0 saturated heterocycles. The molecule has 7 heterocycles. The molecule has 0 fully saturated rings. The summed E-state index contributed by atoms with van der Waals surface area (Å²) in [6.07, 6.45) is 0.288. The van der Waals surface area contributed by atoms with E-state index in [4.69, 9.17) is 14.9 Å². The molecule has 11 nitrogen and oxygen atoms in total. The zero-order valence-electron chi connectivity index (χ0n) is 32.6. The molecule has 8 aromatic rings. The van der Waals surface area contributed by atoms with Crippen LogP contribution in [0.25, 0.3) is 70.9 Å². The normalized spacial score (nSPS) is 10.5. The zero-order chi connectivity index (χ0) is 43.5. The number of alkyl halides is 3. The minimum absolute atomic E-state index is 0. The molecule has 0 atom stereocenters. The van der Waals surface area contributed by atoms with Crippen molar-refractivity contribution in [2.75, 3.05) is 0 Å². The summed E-state index contributed by atoms with van der Waals surface area (Å²) in [5.41, 5.74) is 6.58. The van der Waals surface area contributed by atoms with Crippen molar-refractivity contribution < 1.29 is 51.7 Å². The molecule has 0 aliphatic heterocycles. The summed E-state index contributed by atoms with van der Waals surface area (Å²) in [6, 6.07) is 29.3. The molecule has 0 bridgehead atoms. The van der Waals surface area contributed by atoms with Gasteiger partial charge in [-0.3, -0.25) is 24.5 Å². The number of pyridine rings is 4. The summed E-state index contributed by atoms with van der Waals surface area (Å²) >= 11 is 7.18. The van der Waals surface area contributed by atoms with Crippen LogP contribution in [0.3, 0.4) is 0 Å². The zero-order valence-corrected chi connectivity index (χ0v) is 36.8. The van der Waals surface area contributed by atoms with Crippen molar-refractivity contribution in [3.8, 4) is 77.0 Å². The quantitative estimate of drug-likeness (QED) is 0.0557. The summed E-state index contributed by atoms with van der Waals surface area (Å²) in [7, 11) is 0. The van der Waals surface area contributed by atoms with Crippen LogP contribution in [-0.2, 0) is 35.2 Å². The minimum atomic E-state index is -4.50. The number of benzene rings is 1. The van der Waals surface area contributed by atoms with Crippen molar-refractivity contribution in [1.82, 2.24) is 30.1 Å². The van der Waals surface area contributed by atoms with E-state index in [0.717, 1.165) is 38.8 Å². The minimum Gasteiger partial charge on any atom is -0.753 e. The molecule has 0 spiro atoms. The summed E-state index contributed by atoms with van der Waals surface area (Å²) in [6.45, 7) is 6.79. The molecule has 7 aromatic heterocycles. The number of rotatable bonds is 10. The van der Waals surface area contributed by atoms with Gasteiger partial charge in [0.05, 0.1) is 22.8 Å². The molecule has 18 heteroatoms. The third-order valence-corrected chi connectivity index (χ3v) is 10.8.